The minimum Gasteiger partial charge on any atom is -0.392 e. The SMILES string of the molecule is [2H]CC1OC(N2C=C(C#CCNC(=O)CCCN(C)c3ccc(/N=N\c4cc(C)c(/N=N/c5ccc(C)cc5[N+](=O)[O-])cc4CO)cc3)C(=O)NC2=C)CC1O. The van der Waals surface area contributed by atoms with Crippen LogP contribution in [0.1, 0.15) is 44.2 Å². The first-order valence-corrected chi connectivity index (χ1v) is 17.4. The van der Waals surface area contributed by atoms with Gasteiger partial charge in [-0.25, -0.2) is 0 Å². The standard InChI is InChI=1S/C39H43N9O7/c1-24-10-15-32(35(18-24)48(53)54)43-44-33-20-29(23-49)34(19-25(33)2)45-42-30-11-13-31(14-12-30)46(5)17-7-9-37(51)40-16-6-8-28-22-47(27(4)41-39(28)52)38-21-36(50)26(3)55-38/h10-15,18-20,22,26,36,38,49-50H,4,7,9,16-17,21,23H2,1-3,5H3,(H,40,51)(H,41,52)/b44-43+,45-42-/i3D. The molecule has 2 aliphatic heterocycles. The van der Waals surface area contributed by atoms with Gasteiger partial charge in [-0.2, -0.15) is 15.3 Å². The molecule has 3 aromatic rings. The molecule has 4 N–H and O–H groups in total. The molecule has 0 radical (unpaired) electrons. The van der Waals surface area contributed by atoms with Gasteiger partial charge in [0.15, 0.2) is 5.69 Å². The predicted octanol–water partition coefficient (Wildman–Crippen LogP) is 6.15. The quantitative estimate of drug-likeness (QED) is 0.0683. The highest BCUT2D eigenvalue weighted by Crippen LogP contribution is 2.34. The van der Waals surface area contributed by atoms with Crippen LogP contribution in [-0.2, 0) is 20.9 Å². The van der Waals surface area contributed by atoms with Crippen molar-refractivity contribution in [3.63, 3.8) is 0 Å². The maximum absolute atomic E-state index is 12.5. The van der Waals surface area contributed by atoms with E-state index in [-0.39, 0.29) is 61.6 Å². The van der Waals surface area contributed by atoms with Crippen molar-refractivity contribution < 1.29 is 30.8 Å². The lowest BCUT2D eigenvalue weighted by molar-refractivity contribution is -0.384. The Morgan fingerprint density at radius 3 is 2.60 bits per heavy atom. The second-order valence-corrected chi connectivity index (χ2v) is 13.0. The lowest BCUT2D eigenvalue weighted by Gasteiger charge is -2.32. The van der Waals surface area contributed by atoms with Gasteiger partial charge in [-0.1, -0.05) is 24.5 Å². The fourth-order valence-electron chi connectivity index (χ4n) is 5.66. The summed E-state index contributed by atoms with van der Waals surface area (Å²) in [5.74, 6) is 5.23. The Labute approximate surface area is 319 Å². The van der Waals surface area contributed by atoms with Crippen molar-refractivity contribution in [2.45, 2.75) is 65.1 Å². The maximum Gasteiger partial charge on any atom is 0.296 e. The maximum atomic E-state index is 12.5. The zero-order valence-corrected chi connectivity index (χ0v) is 30.7. The number of carbonyl (C=O) groups is 2. The number of nitro groups is 1. The van der Waals surface area contributed by atoms with E-state index in [2.05, 4.69) is 49.5 Å². The number of azo groups is 2. The third-order valence-electron chi connectivity index (χ3n) is 8.82. The number of nitro benzene ring substituents is 1. The Hall–Kier alpha value is -6.28. The molecule has 286 valence electrons. The fourth-order valence-corrected chi connectivity index (χ4v) is 5.66. The van der Waals surface area contributed by atoms with Crippen LogP contribution in [-0.4, -0.2) is 70.4 Å². The molecule has 3 aromatic carbocycles. The average Bonchev–Trinajstić information content (AvgIpc) is 3.56. The van der Waals surface area contributed by atoms with Crippen LogP contribution in [0, 0.1) is 35.8 Å². The first-order chi connectivity index (χ1) is 26.9. The van der Waals surface area contributed by atoms with E-state index in [1.807, 2.05) is 24.1 Å². The molecule has 0 aliphatic carbocycles. The van der Waals surface area contributed by atoms with Crippen molar-refractivity contribution >= 4 is 45.9 Å². The summed E-state index contributed by atoms with van der Waals surface area (Å²) in [7, 11) is 1.91. The molecule has 1 fully saturated rings. The van der Waals surface area contributed by atoms with Gasteiger partial charge in [0.25, 0.3) is 11.6 Å². The molecular weight excluding hydrogens is 706 g/mol. The molecule has 16 nitrogen and oxygen atoms in total. The number of rotatable bonds is 13. The molecule has 2 aliphatic rings. The van der Waals surface area contributed by atoms with Crippen LogP contribution in [0.15, 0.2) is 99.2 Å². The van der Waals surface area contributed by atoms with Crippen LogP contribution >= 0.6 is 0 Å². The summed E-state index contributed by atoms with van der Waals surface area (Å²) in [5.41, 5.74) is 4.39. The zero-order chi connectivity index (χ0) is 40.4. The lowest BCUT2D eigenvalue weighted by Crippen LogP contribution is -2.42. The molecule has 2 amide bonds. The molecule has 3 unspecified atom stereocenters. The third-order valence-corrected chi connectivity index (χ3v) is 8.82. The summed E-state index contributed by atoms with van der Waals surface area (Å²) in [6, 6.07) is 15.4. The molecule has 2 heterocycles. The van der Waals surface area contributed by atoms with E-state index in [1.165, 1.54) is 18.3 Å². The number of aryl methyl sites for hydroxylation is 2. The van der Waals surface area contributed by atoms with Gasteiger partial charge in [-0.15, -0.1) is 5.11 Å². The molecule has 1 saturated heterocycles. The smallest absolute Gasteiger partial charge is 0.296 e. The highest BCUT2D eigenvalue weighted by Gasteiger charge is 2.36. The van der Waals surface area contributed by atoms with Crippen molar-refractivity contribution in [1.82, 2.24) is 15.5 Å². The number of anilines is 1. The molecule has 5 rings (SSSR count). The highest BCUT2D eigenvalue weighted by molar-refractivity contribution is 5.99. The Morgan fingerprint density at radius 2 is 1.89 bits per heavy atom. The molecule has 55 heavy (non-hydrogen) atoms. The fraction of sp³-hybridized carbons (Fsp3) is 0.333. The Kier molecular flexibility index (Phi) is 12.7. The van der Waals surface area contributed by atoms with Crippen molar-refractivity contribution in [3.05, 3.63) is 106 Å². The van der Waals surface area contributed by atoms with E-state index in [0.29, 0.717) is 41.2 Å². The minimum atomic E-state index is -0.789. The average molecular weight is 751 g/mol. The number of aliphatic hydroxyl groups is 2. The number of carbonyl (C=O) groups excluding carboxylic acids is 2. The first-order valence-electron chi connectivity index (χ1n) is 18.1. The van der Waals surface area contributed by atoms with Gasteiger partial charge in [0.1, 0.15) is 17.6 Å². The molecular formula is C39H43N9O7. The number of aliphatic hydroxyl groups excluding tert-OH is 2. The number of hydrogen-bond donors (Lipinski definition) is 4. The van der Waals surface area contributed by atoms with Crippen LogP contribution in [0.3, 0.4) is 0 Å². The Bertz CT molecular complexity index is 2130. The van der Waals surface area contributed by atoms with E-state index in [9.17, 15) is 29.9 Å². The summed E-state index contributed by atoms with van der Waals surface area (Å²) < 4.78 is 13.2. The van der Waals surface area contributed by atoms with E-state index in [0.717, 1.165) is 11.3 Å². The highest BCUT2D eigenvalue weighted by atomic mass is 16.6. The van der Waals surface area contributed by atoms with Gasteiger partial charge >= 0.3 is 0 Å². The monoisotopic (exact) mass is 750 g/mol. The summed E-state index contributed by atoms with van der Waals surface area (Å²) >= 11 is 0. The number of benzene rings is 3. The van der Waals surface area contributed by atoms with Crippen LogP contribution in [0.4, 0.5) is 34.1 Å². The second-order valence-electron chi connectivity index (χ2n) is 13.0. The van der Waals surface area contributed by atoms with Gasteiger partial charge in [0.2, 0.25) is 5.91 Å². The Balaban J connectivity index is 1.09. The van der Waals surface area contributed by atoms with Gasteiger partial charge in [-0.05, 0) is 80.8 Å². The van der Waals surface area contributed by atoms with Gasteiger partial charge in [0.05, 0.1) is 47.3 Å². The van der Waals surface area contributed by atoms with Gasteiger partial charge in [0, 0.05) is 51.3 Å². The molecule has 3 atom stereocenters. The van der Waals surface area contributed by atoms with E-state index >= 15 is 0 Å². The van der Waals surface area contributed by atoms with E-state index in [4.69, 9.17) is 6.11 Å². The van der Waals surface area contributed by atoms with Gasteiger partial charge < -0.3 is 35.4 Å². The summed E-state index contributed by atoms with van der Waals surface area (Å²) in [6.45, 7) is 7.61. The first kappa shape index (κ1) is 38.4. The summed E-state index contributed by atoms with van der Waals surface area (Å²) in [6.07, 6.45) is 0.615. The lowest BCUT2D eigenvalue weighted by atomic mass is 10.1. The van der Waals surface area contributed by atoms with Crippen molar-refractivity contribution in [2.75, 3.05) is 25.0 Å². The van der Waals surface area contributed by atoms with E-state index < -0.39 is 29.3 Å². The number of amides is 2. The largest absolute Gasteiger partial charge is 0.392 e. The summed E-state index contributed by atoms with van der Waals surface area (Å²) in [4.78, 5) is 39.4. The van der Waals surface area contributed by atoms with Crippen molar-refractivity contribution in [1.29, 1.82) is 0 Å². The van der Waals surface area contributed by atoms with Crippen LogP contribution < -0.4 is 15.5 Å². The van der Waals surface area contributed by atoms with Gasteiger partial charge in [-0.3, -0.25) is 19.7 Å². The van der Waals surface area contributed by atoms with Crippen molar-refractivity contribution in [3.8, 4) is 11.8 Å². The van der Waals surface area contributed by atoms with E-state index in [1.54, 1.807) is 49.1 Å². The predicted molar refractivity (Wildman–Crippen MR) is 205 cm³/mol. The molecule has 16 heteroatoms. The zero-order valence-electron chi connectivity index (χ0n) is 31.7. The van der Waals surface area contributed by atoms with Crippen molar-refractivity contribution in [2.24, 2.45) is 20.5 Å². The number of nitrogens with zero attached hydrogens (tertiary/aromatic N) is 7. The normalized spacial score (nSPS) is 18.5. The molecule has 0 bridgehead atoms. The number of hydrogen-bond acceptors (Lipinski definition) is 13. The molecule has 0 spiro atoms. The third kappa shape index (κ3) is 10.4. The van der Waals surface area contributed by atoms with Crippen LogP contribution in [0.5, 0.6) is 0 Å². The second kappa shape index (κ2) is 18.2. The molecule has 0 saturated carbocycles. The number of nitrogens with one attached hydrogen (secondary N) is 2. The summed E-state index contributed by atoms with van der Waals surface area (Å²) in [5, 5.41) is 53.9. The topological polar surface area (TPSA) is 207 Å². The Morgan fingerprint density at radius 1 is 1.15 bits per heavy atom. The minimum absolute atomic E-state index is 0.0469. The number of ether oxygens (including phenoxy) is 1. The van der Waals surface area contributed by atoms with Crippen LogP contribution in [0.2, 0.25) is 0 Å². The van der Waals surface area contributed by atoms with Crippen LogP contribution in [0.25, 0.3) is 0 Å². The molecule has 0 aromatic heterocycles.